The van der Waals surface area contributed by atoms with Crippen molar-refractivity contribution in [1.29, 1.82) is 0 Å². The first-order chi connectivity index (χ1) is 7.94. The molecule has 0 aliphatic heterocycles. The summed E-state index contributed by atoms with van der Waals surface area (Å²) in [5.74, 6) is 2.65. The molecule has 3 N–H and O–H groups in total. The minimum Gasteiger partial charge on any atom is -0.387 e. The Labute approximate surface area is 105 Å². The molecule has 17 heavy (non-hydrogen) atoms. The van der Waals surface area contributed by atoms with Gasteiger partial charge in [0.1, 0.15) is 5.84 Å². The third-order valence-corrected chi connectivity index (χ3v) is 5.73. The van der Waals surface area contributed by atoms with E-state index in [9.17, 15) is 8.42 Å². The number of amidine groups is 1. The Morgan fingerprint density at radius 2 is 2.18 bits per heavy atom. The molecule has 0 aromatic carbocycles. The van der Waals surface area contributed by atoms with Gasteiger partial charge in [0, 0.05) is 17.3 Å². The second-order valence-corrected chi connectivity index (χ2v) is 8.31. The molecule has 2 bridgehead atoms. The van der Waals surface area contributed by atoms with Gasteiger partial charge in [0.25, 0.3) is 0 Å². The zero-order chi connectivity index (χ0) is 12.5. The second-order valence-electron chi connectivity index (χ2n) is 4.96. The summed E-state index contributed by atoms with van der Waals surface area (Å²) in [7, 11) is -3.60. The van der Waals surface area contributed by atoms with E-state index >= 15 is 0 Å². The van der Waals surface area contributed by atoms with Gasteiger partial charge >= 0.3 is 9.15 Å². The van der Waals surface area contributed by atoms with Crippen LogP contribution in [0.4, 0.5) is 0 Å². The van der Waals surface area contributed by atoms with Gasteiger partial charge in [-0.15, -0.1) is 0 Å². The van der Waals surface area contributed by atoms with Crippen molar-refractivity contribution in [2.45, 2.75) is 25.7 Å². The monoisotopic (exact) mass is 278 g/mol. The lowest BCUT2D eigenvalue weighted by Crippen LogP contribution is -2.20. The van der Waals surface area contributed by atoms with Crippen molar-refractivity contribution in [3.8, 4) is 0 Å². The first kappa shape index (κ1) is 13.2. The maximum Gasteiger partial charge on any atom is 0.320 e. The molecular weight excluding hydrogens is 260 g/mol. The van der Waals surface area contributed by atoms with Gasteiger partial charge < -0.3 is 5.73 Å². The minimum atomic E-state index is -4.01. The number of nitrogens with zero attached hydrogens (tertiary/aromatic N) is 1. The molecule has 5 nitrogen and oxygen atoms in total. The van der Waals surface area contributed by atoms with E-state index in [0.717, 1.165) is 11.8 Å². The van der Waals surface area contributed by atoms with Crippen LogP contribution in [0.25, 0.3) is 0 Å². The Kier molecular flexibility index (Phi) is 3.99. The van der Waals surface area contributed by atoms with Crippen LogP contribution in [-0.4, -0.2) is 31.1 Å². The Hall–Kier alpha value is -0.270. The van der Waals surface area contributed by atoms with Gasteiger partial charge in [-0.05, 0) is 37.0 Å². The smallest absolute Gasteiger partial charge is 0.320 e. The van der Waals surface area contributed by atoms with Gasteiger partial charge in [-0.25, -0.2) is 0 Å². The molecule has 98 valence electrons. The van der Waals surface area contributed by atoms with E-state index in [-0.39, 0.29) is 5.75 Å². The van der Waals surface area contributed by atoms with Crippen molar-refractivity contribution in [2.75, 3.05) is 12.3 Å². The molecule has 0 heterocycles. The molecule has 3 atom stereocenters. The third-order valence-electron chi connectivity index (χ3n) is 3.77. The summed E-state index contributed by atoms with van der Waals surface area (Å²) in [6.45, 7) is 0.707. The van der Waals surface area contributed by atoms with Crippen LogP contribution in [0.2, 0.25) is 0 Å². The van der Waals surface area contributed by atoms with Crippen LogP contribution < -0.4 is 5.73 Å². The van der Waals surface area contributed by atoms with Crippen LogP contribution in [-0.2, 0) is 9.15 Å². The first-order valence-corrected chi connectivity index (χ1v) is 8.79. The highest BCUT2D eigenvalue weighted by molar-refractivity contribution is 8.70. The molecule has 2 rings (SSSR count). The molecule has 0 aromatic heterocycles. The van der Waals surface area contributed by atoms with E-state index in [1.165, 1.54) is 25.7 Å². The number of fused-ring (bicyclic) bond motifs is 2. The second kappa shape index (κ2) is 5.16. The van der Waals surface area contributed by atoms with E-state index in [4.69, 9.17) is 10.3 Å². The van der Waals surface area contributed by atoms with Gasteiger partial charge in [-0.3, -0.25) is 9.55 Å². The fraction of sp³-hybridized carbons (Fsp3) is 0.900. The van der Waals surface area contributed by atoms with E-state index in [1.54, 1.807) is 0 Å². The molecule has 2 fully saturated rings. The quantitative estimate of drug-likeness (QED) is 0.342. The topological polar surface area (TPSA) is 92.8 Å². The number of hydrogen-bond acceptors (Lipinski definition) is 4. The van der Waals surface area contributed by atoms with Crippen molar-refractivity contribution < 1.29 is 13.0 Å². The van der Waals surface area contributed by atoms with Gasteiger partial charge in [0.2, 0.25) is 0 Å². The molecule has 0 radical (unpaired) electrons. The maximum absolute atomic E-state index is 10.5. The number of rotatable bonds is 5. The summed E-state index contributed by atoms with van der Waals surface area (Å²) in [5, 5.41) is 0. The zero-order valence-corrected chi connectivity index (χ0v) is 11.2. The lowest BCUT2D eigenvalue weighted by molar-refractivity contribution is 0.342. The molecular formula is C10H18N2O3S2. The highest BCUT2D eigenvalue weighted by Gasteiger charge is 2.39. The van der Waals surface area contributed by atoms with Crippen LogP contribution in [0.15, 0.2) is 4.99 Å². The predicted molar refractivity (Wildman–Crippen MR) is 69.4 cm³/mol. The number of aliphatic imine (C=N–C) groups is 1. The van der Waals surface area contributed by atoms with Crippen LogP contribution in [0.1, 0.15) is 25.7 Å². The van der Waals surface area contributed by atoms with Crippen molar-refractivity contribution >= 4 is 25.8 Å². The SMILES string of the molecule is NC(CSS(=O)(=O)O)=NC[C@H]1C[C@@H]2CC[C@H]1C2. The van der Waals surface area contributed by atoms with Crippen LogP contribution >= 0.6 is 10.8 Å². The molecule has 0 saturated heterocycles. The molecule has 0 unspecified atom stereocenters. The maximum atomic E-state index is 10.5. The van der Waals surface area contributed by atoms with Gasteiger partial charge in [-0.2, -0.15) is 8.42 Å². The number of nitrogens with two attached hydrogens (primary N) is 1. The van der Waals surface area contributed by atoms with Crippen molar-refractivity contribution in [3.05, 3.63) is 0 Å². The Morgan fingerprint density at radius 1 is 1.41 bits per heavy atom. The Bertz CT molecular complexity index is 408. The fourth-order valence-corrected chi connectivity index (χ4v) is 4.19. The van der Waals surface area contributed by atoms with Gasteiger partial charge in [0.05, 0.1) is 5.75 Å². The van der Waals surface area contributed by atoms with Crippen molar-refractivity contribution in [1.82, 2.24) is 0 Å². The lowest BCUT2D eigenvalue weighted by atomic mass is 9.89. The van der Waals surface area contributed by atoms with E-state index in [0.29, 0.717) is 29.1 Å². The summed E-state index contributed by atoms with van der Waals surface area (Å²) >= 11 is 0. The highest BCUT2D eigenvalue weighted by atomic mass is 33.1. The van der Waals surface area contributed by atoms with Crippen LogP contribution in [0, 0.1) is 17.8 Å². The normalized spacial score (nSPS) is 33.2. The average Bonchev–Trinajstić information content (AvgIpc) is 2.84. The van der Waals surface area contributed by atoms with E-state index in [2.05, 4.69) is 4.99 Å². The molecule has 2 aliphatic carbocycles. The summed E-state index contributed by atoms with van der Waals surface area (Å²) < 4.78 is 29.6. The highest BCUT2D eigenvalue weighted by Crippen LogP contribution is 2.48. The molecule has 2 saturated carbocycles. The summed E-state index contributed by atoms with van der Waals surface area (Å²) in [6, 6.07) is 0. The predicted octanol–water partition coefficient (Wildman–Crippen LogP) is 1.32. The van der Waals surface area contributed by atoms with Crippen molar-refractivity contribution in [2.24, 2.45) is 28.5 Å². The molecule has 0 aromatic rings. The van der Waals surface area contributed by atoms with Crippen LogP contribution in [0.3, 0.4) is 0 Å². The Balaban J connectivity index is 1.76. The molecule has 0 amide bonds. The molecule has 7 heteroatoms. The molecule has 0 spiro atoms. The minimum absolute atomic E-state index is 0.0413. The van der Waals surface area contributed by atoms with Gasteiger partial charge in [-0.1, -0.05) is 6.42 Å². The van der Waals surface area contributed by atoms with E-state index < -0.39 is 9.15 Å². The number of hydrogen-bond donors (Lipinski definition) is 2. The van der Waals surface area contributed by atoms with Crippen LogP contribution in [0.5, 0.6) is 0 Å². The fourth-order valence-electron chi connectivity index (χ4n) is 3.02. The third kappa shape index (κ3) is 3.86. The summed E-state index contributed by atoms with van der Waals surface area (Å²) in [5.41, 5.74) is 5.61. The van der Waals surface area contributed by atoms with E-state index in [1.807, 2.05) is 0 Å². The first-order valence-electron chi connectivity index (χ1n) is 5.84. The average molecular weight is 278 g/mol. The summed E-state index contributed by atoms with van der Waals surface area (Å²) in [4.78, 5) is 4.23. The summed E-state index contributed by atoms with van der Waals surface area (Å²) in [6.07, 6.45) is 5.25. The molecule has 2 aliphatic rings. The largest absolute Gasteiger partial charge is 0.387 e. The standard InChI is InChI=1S/C10H18N2O3S2/c11-10(6-16-17(13,14)15)12-5-9-4-7-1-2-8(9)3-7/h7-9H,1-6H2,(H2,11,12)(H,13,14,15)/t7-,8+,9-/m1/s1. The van der Waals surface area contributed by atoms with Crippen molar-refractivity contribution in [3.63, 3.8) is 0 Å². The Morgan fingerprint density at radius 3 is 2.71 bits per heavy atom. The lowest BCUT2D eigenvalue weighted by Gasteiger charge is -2.19. The zero-order valence-electron chi connectivity index (χ0n) is 9.58. The van der Waals surface area contributed by atoms with Gasteiger partial charge in [0.15, 0.2) is 0 Å².